The summed E-state index contributed by atoms with van der Waals surface area (Å²) in [5.74, 6) is -1.41. The van der Waals surface area contributed by atoms with Crippen LogP contribution in [0.2, 0.25) is 0 Å². The molecule has 232 valence electrons. The Labute approximate surface area is 247 Å². The summed E-state index contributed by atoms with van der Waals surface area (Å²) in [5.41, 5.74) is 2.01. The number of amides is 3. The lowest BCUT2D eigenvalue weighted by Crippen LogP contribution is -2.55. The highest BCUT2D eigenvalue weighted by molar-refractivity contribution is 5.92. The second-order valence-electron chi connectivity index (χ2n) is 11.9. The Hall–Kier alpha value is -3.10. The summed E-state index contributed by atoms with van der Waals surface area (Å²) in [5, 5.41) is 5.60. The van der Waals surface area contributed by atoms with E-state index >= 15 is 0 Å². The molecule has 41 heavy (non-hydrogen) atoms. The lowest BCUT2D eigenvalue weighted by Gasteiger charge is -2.36. The number of nitrogens with one attached hydrogen (secondary N) is 2. The average Bonchev–Trinajstić information content (AvgIpc) is 2.87. The van der Waals surface area contributed by atoms with E-state index in [1.807, 2.05) is 45.9 Å². The number of esters is 1. The minimum Gasteiger partial charge on any atom is -0.466 e. The van der Waals surface area contributed by atoms with Gasteiger partial charge in [0.1, 0.15) is 17.7 Å². The Morgan fingerprint density at radius 2 is 1.61 bits per heavy atom. The second-order valence-corrected chi connectivity index (χ2v) is 11.9. The maximum atomic E-state index is 14.2. The average molecular weight is 576 g/mol. The van der Waals surface area contributed by atoms with E-state index in [0.717, 1.165) is 36.8 Å². The van der Waals surface area contributed by atoms with Crippen molar-refractivity contribution < 1.29 is 28.7 Å². The number of hydrogen-bond acceptors (Lipinski definition) is 6. The van der Waals surface area contributed by atoms with E-state index in [4.69, 9.17) is 9.47 Å². The van der Waals surface area contributed by atoms with Crippen molar-refractivity contribution in [2.45, 2.75) is 119 Å². The predicted molar refractivity (Wildman–Crippen MR) is 161 cm³/mol. The number of carbonyl (C=O) groups is 4. The third-order valence-corrected chi connectivity index (χ3v) is 6.73. The summed E-state index contributed by atoms with van der Waals surface area (Å²) in [7, 11) is 0. The van der Waals surface area contributed by atoms with Crippen molar-refractivity contribution in [1.29, 1.82) is 0 Å². The zero-order valence-corrected chi connectivity index (χ0v) is 26.7. The topological polar surface area (TPSA) is 114 Å². The van der Waals surface area contributed by atoms with Crippen LogP contribution in [0.25, 0.3) is 0 Å². The van der Waals surface area contributed by atoms with Crippen molar-refractivity contribution in [1.82, 2.24) is 15.5 Å². The Kier molecular flexibility index (Phi) is 15.5. The molecule has 0 aliphatic rings. The van der Waals surface area contributed by atoms with Gasteiger partial charge in [-0.1, -0.05) is 64.7 Å². The largest absolute Gasteiger partial charge is 0.466 e. The molecule has 1 aromatic carbocycles. The number of unbranched alkanes of at least 4 members (excludes halogenated alkanes) is 4. The van der Waals surface area contributed by atoms with Gasteiger partial charge in [-0.3, -0.25) is 14.4 Å². The van der Waals surface area contributed by atoms with E-state index in [0.29, 0.717) is 18.5 Å². The minimum absolute atomic E-state index is 0.0268. The molecule has 2 atom stereocenters. The maximum absolute atomic E-state index is 14.2. The Morgan fingerprint density at radius 1 is 0.951 bits per heavy atom. The summed E-state index contributed by atoms with van der Waals surface area (Å²) in [6.45, 7) is 17.5. The van der Waals surface area contributed by atoms with Crippen LogP contribution in [0.15, 0.2) is 18.2 Å². The van der Waals surface area contributed by atoms with Crippen LogP contribution >= 0.6 is 0 Å². The number of ether oxygens (including phenoxy) is 2. The zero-order chi connectivity index (χ0) is 31.2. The first-order valence-corrected chi connectivity index (χ1v) is 15.0. The zero-order valence-electron chi connectivity index (χ0n) is 26.7. The van der Waals surface area contributed by atoms with Gasteiger partial charge in [0.25, 0.3) is 0 Å². The number of alkyl carbamates (subject to hydrolysis) is 1. The van der Waals surface area contributed by atoms with Gasteiger partial charge >= 0.3 is 12.1 Å². The Balaban J connectivity index is 3.46. The van der Waals surface area contributed by atoms with Gasteiger partial charge in [0.15, 0.2) is 0 Å². The highest BCUT2D eigenvalue weighted by Gasteiger charge is 2.37. The van der Waals surface area contributed by atoms with Crippen LogP contribution in [0.3, 0.4) is 0 Å². The first-order chi connectivity index (χ1) is 19.2. The monoisotopic (exact) mass is 575 g/mol. The van der Waals surface area contributed by atoms with Crippen molar-refractivity contribution in [3.05, 3.63) is 34.9 Å². The molecule has 0 spiro atoms. The molecule has 0 saturated heterocycles. The molecule has 2 unspecified atom stereocenters. The number of hydrogen-bond donors (Lipinski definition) is 2. The molecule has 0 aliphatic carbocycles. The summed E-state index contributed by atoms with van der Waals surface area (Å²) in [6.07, 6.45) is 4.17. The fourth-order valence-electron chi connectivity index (χ4n) is 4.40. The van der Waals surface area contributed by atoms with Crippen LogP contribution in [-0.4, -0.2) is 60.1 Å². The number of rotatable bonds is 16. The molecular weight excluding hydrogens is 522 g/mol. The first-order valence-electron chi connectivity index (χ1n) is 15.0. The lowest BCUT2D eigenvalue weighted by atomic mass is 9.96. The van der Waals surface area contributed by atoms with Crippen molar-refractivity contribution in [3.8, 4) is 0 Å². The highest BCUT2D eigenvalue weighted by Crippen LogP contribution is 2.26. The van der Waals surface area contributed by atoms with Gasteiger partial charge in [0.2, 0.25) is 11.8 Å². The molecule has 0 fully saturated rings. The summed E-state index contributed by atoms with van der Waals surface area (Å²) in [4.78, 5) is 54.2. The standard InChI is InChI=1S/C32H53N3O6/c1-10-12-13-14-15-20-35(30(38)27(22(3)4)34-31(39)41-32(7,8)9)28(25-17-16-23(5)24(6)21-25)29(37)33-19-18-26(36)40-11-2/h16-17,21-22,27-28H,10-15,18-20H2,1-9H3,(H,33,37)(H,34,39). The molecule has 2 N–H and O–H groups in total. The highest BCUT2D eigenvalue weighted by atomic mass is 16.6. The molecule has 0 aromatic heterocycles. The van der Waals surface area contributed by atoms with Crippen molar-refractivity contribution >= 4 is 23.9 Å². The Morgan fingerprint density at radius 3 is 2.17 bits per heavy atom. The Bertz CT molecular complexity index is 1000. The van der Waals surface area contributed by atoms with Crippen LogP contribution in [0, 0.1) is 19.8 Å². The molecular formula is C32H53N3O6. The smallest absolute Gasteiger partial charge is 0.408 e. The van der Waals surface area contributed by atoms with Gasteiger partial charge < -0.3 is 25.0 Å². The van der Waals surface area contributed by atoms with E-state index in [1.165, 1.54) is 0 Å². The fourth-order valence-corrected chi connectivity index (χ4v) is 4.40. The van der Waals surface area contributed by atoms with Crippen LogP contribution < -0.4 is 10.6 Å². The molecule has 3 amide bonds. The third-order valence-electron chi connectivity index (χ3n) is 6.73. The van der Waals surface area contributed by atoms with E-state index < -0.39 is 29.7 Å². The van der Waals surface area contributed by atoms with Gasteiger partial charge in [0, 0.05) is 13.1 Å². The molecule has 0 bridgehead atoms. The molecule has 0 aliphatic heterocycles. The molecule has 1 aromatic rings. The third kappa shape index (κ3) is 13.0. The van der Waals surface area contributed by atoms with Crippen LogP contribution in [0.4, 0.5) is 4.79 Å². The number of nitrogens with zero attached hydrogens (tertiary/aromatic N) is 1. The van der Waals surface area contributed by atoms with Crippen molar-refractivity contribution in [3.63, 3.8) is 0 Å². The summed E-state index contributed by atoms with van der Waals surface area (Å²) >= 11 is 0. The fraction of sp³-hybridized carbons (Fsp3) is 0.688. The number of benzene rings is 1. The summed E-state index contributed by atoms with van der Waals surface area (Å²) < 4.78 is 10.4. The van der Waals surface area contributed by atoms with Crippen LogP contribution in [0.1, 0.15) is 110 Å². The van der Waals surface area contributed by atoms with E-state index in [2.05, 4.69) is 17.6 Å². The number of aryl methyl sites for hydroxylation is 2. The molecule has 0 radical (unpaired) electrons. The van der Waals surface area contributed by atoms with Gasteiger partial charge in [-0.15, -0.1) is 0 Å². The predicted octanol–water partition coefficient (Wildman–Crippen LogP) is 5.76. The quantitative estimate of drug-likeness (QED) is 0.191. The normalized spacial score (nSPS) is 12.8. The lowest BCUT2D eigenvalue weighted by molar-refractivity contribution is -0.144. The SMILES string of the molecule is CCCCCCCN(C(=O)C(NC(=O)OC(C)(C)C)C(C)C)C(C(=O)NCCC(=O)OCC)c1ccc(C)c(C)c1. The molecule has 0 heterocycles. The van der Waals surface area contributed by atoms with E-state index in [-0.39, 0.29) is 37.3 Å². The molecule has 0 saturated carbocycles. The van der Waals surface area contributed by atoms with Crippen molar-refractivity contribution in [2.24, 2.45) is 5.92 Å². The van der Waals surface area contributed by atoms with Crippen LogP contribution in [0.5, 0.6) is 0 Å². The van der Waals surface area contributed by atoms with Gasteiger partial charge in [0.05, 0.1) is 13.0 Å². The van der Waals surface area contributed by atoms with E-state index in [1.54, 1.807) is 32.6 Å². The first kappa shape index (κ1) is 35.9. The maximum Gasteiger partial charge on any atom is 0.408 e. The number of carbonyl (C=O) groups excluding carboxylic acids is 4. The van der Waals surface area contributed by atoms with Crippen LogP contribution in [-0.2, 0) is 23.9 Å². The van der Waals surface area contributed by atoms with E-state index in [9.17, 15) is 19.2 Å². The van der Waals surface area contributed by atoms with Crippen molar-refractivity contribution in [2.75, 3.05) is 19.7 Å². The molecule has 1 rings (SSSR count). The van der Waals surface area contributed by atoms with Gasteiger partial charge in [-0.2, -0.15) is 0 Å². The minimum atomic E-state index is -0.947. The molecule has 9 heteroatoms. The van der Waals surface area contributed by atoms with Gasteiger partial charge in [-0.05, 0) is 70.6 Å². The summed E-state index contributed by atoms with van der Waals surface area (Å²) in [6, 6.07) is 3.88. The second kappa shape index (κ2) is 17.7. The molecule has 9 nitrogen and oxygen atoms in total. The van der Waals surface area contributed by atoms with Gasteiger partial charge in [-0.25, -0.2) is 4.79 Å².